The van der Waals surface area contributed by atoms with Gasteiger partial charge >= 0.3 is 5.97 Å². The number of carbonyl (C=O) groups is 1. The highest BCUT2D eigenvalue weighted by Gasteiger charge is 2.15. The number of carbonyl (C=O) groups excluding carboxylic acids is 1. The van der Waals surface area contributed by atoms with Crippen LogP contribution in [-0.4, -0.2) is 20.7 Å². The zero-order chi connectivity index (χ0) is 14.0. The van der Waals surface area contributed by atoms with Crippen LogP contribution in [-0.2, 0) is 11.3 Å². The highest BCUT2D eigenvalue weighted by atomic mass is 32.1. The predicted octanol–water partition coefficient (Wildman–Crippen LogP) is 2.17. The number of aromatic nitrogens is 3. The second-order valence-corrected chi connectivity index (χ2v) is 5.67. The minimum absolute atomic E-state index is 0.105. The summed E-state index contributed by atoms with van der Waals surface area (Å²) in [5.74, 6) is 0.243. The van der Waals surface area contributed by atoms with Crippen LogP contribution in [0.15, 0.2) is 12.4 Å². The van der Waals surface area contributed by atoms with Crippen LogP contribution in [0.3, 0.4) is 0 Å². The van der Waals surface area contributed by atoms with Gasteiger partial charge in [0.15, 0.2) is 12.4 Å². The van der Waals surface area contributed by atoms with Gasteiger partial charge in [-0.15, -0.1) is 11.3 Å². The molecule has 0 saturated heterocycles. The maximum atomic E-state index is 11.9. The first kappa shape index (κ1) is 13.5. The average molecular weight is 280 g/mol. The Hall–Kier alpha value is -1.89. The predicted molar refractivity (Wildman–Crippen MR) is 73.0 cm³/mol. The van der Waals surface area contributed by atoms with Crippen molar-refractivity contribution in [3.05, 3.63) is 28.0 Å². The van der Waals surface area contributed by atoms with Crippen LogP contribution in [0.5, 0.6) is 0 Å². The summed E-state index contributed by atoms with van der Waals surface area (Å²) in [6.07, 6.45) is 1.45. The van der Waals surface area contributed by atoms with Gasteiger partial charge in [0.1, 0.15) is 11.2 Å². The number of hydrogen-bond acceptors (Lipinski definition) is 6. The molecule has 0 fully saturated rings. The van der Waals surface area contributed by atoms with E-state index >= 15 is 0 Å². The number of ether oxygens (including phenoxy) is 1. The Bertz CT molecular complexity index is 569. The highest BCUT2D eigenvalue weighted by Crippen LogP contribution is 2.24. The molecule has 2 heterocycles. The maximum absolute atomic E-state index is 11.9. The Labute approximate surface area is 115 Å². The molecule has 0 aliphatic carbocycles. The van der Waals surface area contributed by atoms with E-state index in [1.54, 1.807) is 10.7 Å². The second-order valence-electron chi connectivity index (χ2n) is 4.41. The Balaban J connectivity index is 2.02. The summed E-state index contributed by atoms with van der Waals surface area (Å²) in [6.45, 7) is 5.95. The van der Waals surface area contributed by atoms with Crippen molar-refractivity contribution in [3.8, 4) is 0 Å². The molecule has 102 valence electrons. The smallest absolute Gasteiger partial charge is 0.348 e. The van der Waals surface area contributed by atoms with Crippen molar-refractivity contribution in [1.82, 2.24) is 14.8 Å². The van der Waals surface area contributed by atoms with Gasteiger partial charge in [0, 0.05) is 16.6 Å². The Morgan fingerprint density at radius 3 is 2.89 bits per heavy atom. The Morgan fingerprint density at radius 2 is 2.32 bits per heavy atom. The monoisotopic (exact) mass is 280 g/mol. The van der Waals surface area contributed by atoms with Gasteiger partial charge in [0.2, 0.25) is 0 Å². The number of nitrogens with two attached hydrogens (primary N) is 1. The summed E-state index contributed by atoms with van der Waals surface area (Å²) in [5, 5.41) is 4.08. The van der Waals surface area contributed by atoms with E-state index in [2.05, 4.69) is 10.1 Å². The summed E-state index contributed by atoms with van der Waals surface area (Å²) in [7, 11) is 0. The van der Waals surface area contributed by atoms with E-state index in [-0.39, 0.29) is 18.6 Å². The molecule has 2 N–H and O–H groups in total. The van der Waals surface area contributed by atoms with Gasteiger partial charge in [0.05, 0.1) is 0 Å². The number of thiophene rings is 1. The first-order chi connectivity index (χ1) is 8.99. The van der Waals surface area contributed by atoms with Crippen LogP contribution in [0.25, 0.3) is 0 Å². The van der Waals surface area contributed by atoms with Crippen LogP contribution in [0.4, 0.5) is 5.69 Å². The third kappa shape index (κ3) is 2.93. The van der Waals surface area contributed by atoms with Crippen LogP contribution in [0.1, 0.15) is 40.3 Å². The zero-order valence-corrected chi connectivity index (χ0v) is 11.9. The molecule has 2 aromatic rings. The Kier molecular flexibility index (Phi) is 3.84. The molecule has 0 radical (unpaired) electrons. The van der Waals surface area contributed by atoms with Crippen molar-refractivity contribution in [2.24, 2.45) is 0 Å². The van der Waals surface area contributed by atoms with Gasteiger partial charge in [-0.3, -0.25) is 0 Å². The molecule has 0 unspecified atom stereocenters. The molecule has 0 bridgehead atoms. The fraction of sp³-hybridized carbons (Fsp3) is 0.417. The van der Waals surface area contributed by atoms with Gasteiger partial charge < -0.3 is 10.5 Å². The molecule has 0 aliphatic rings. The Morgan fingerprint density at radius 1 is 1.58 bits per heavy atom. The zero-order valence-electron chi connectivity index (χ0n) is 11.1. The van der Waals surface area contributed by atoms with E-state index in [4.69, 9.17) is 10.5 Å². The van der Waals surface area contributed by atoms with Gasteiger partial charge in [-0.1, -0.05) is 0 Å². The molecule has 19 heavy (non-hydrogen) atoms. The van der Waals surface area contributed by atoms with E-state index in [0.717, 1.165) is 4.88 Å². The molecule has 0 aliphatic heterocycles. The molecule has 0 spiro atoms. The van der Waals surface area contributed by atoms with Gasteiger partial charge in [-0.05, 0) is 26.8 Å². The summed E-state index contributed by atoms with van der Waals surface area (Å²) < 4.78 is 6.95. The SMILES string of the molecule is Cc1sc(C(=O)OCc2ncnn2C(C)C)cc1N. The normalized spacial score (nSPS) is 10.9. The fourth-order valence-electron chi connectivity index (χ4n) is 1.61. The minimum atomic E-state index is -0.386. The van der Waals surface area contributed by atoms with Crippen molar-refractivity contribution in [3.63, 3.8) is 0 Å². The van der Waals surface area contributed by atoms with Crippen molar-refractivity contribution >= 4 is 23.0 Å². The first-order valence-electron chi connectivity index (χ1n) is 5.90. The van der Waals surface area contributed by atoms with Crippen LogP contribution >= 0.6 is 11.3 Å². The largest absolute Gasteiger partial charge is 0.453 e. The lowest BCUT2D eigenvalue weighted by Gasteiger charge is -2.09. The van der Waals surface area contributed by atoms with E-state index in [0.29, 0.717) is 16.4 Å². The van der Waals surface area contributed by atoms with E-state index in [1.165, 1.54) is 17.7 Å². The number of hydrogen-bond donors (Lipinski definition) is 1. The standard InChI is InChI=1S/C12H16N4O2S/c1-7(2)16-11(14-6-15-16)5-18-12(17)10-4-9(13)8(3)19-10/h4,6-7H,5,13H2,1-3H3. The molecule has 0 aromatic carbocycles. The van der Waals surface area contributed by atoms with Gasteiger partial charge in [-0.2, -0.15) is 5.10 Å². The summed E-state index contributed by atoms with van der Waals surface area (Å²) in [6, 6.07) is 1.81. The third-order valence-corrected chi connectivity index (χ3v) is 3.67. The number of anilines is 1. The highest BCUT2D eigenvalue weighted by molar-refractivity contribution is 7.14. The number of nitrogens with zero attached hydrogens (tertiary/aromatic N) is 3. The van der Waals surface area contributed by atoms with Crippen LogP contribution < -0.4 is 5.73 Å². The number of aryl methyl sites for hydroxylation is 1. The molecule has 6 nitrogen and oxygen atoms in total. The maximum Gasteiger partial charge on any atom is 0.348 e. The lowest BCUT2D eigenvalue weighted by Crippen LogP contribution is -2.11. The quantitative estimate of drug-likeness (QED) is 0.868. The number of nitrogen functional groups attached to an aromatic ring is 1. The number of esters is 1. The van der Waals surface area contributed by atoms with Gasteiger partial charge in [0.25, 0.3) is 0 Å². The van der Waals surface area contributed by atoms with E-state index in [9.17, 15) is 4.79 Å². The van der Waals surface area contributed by atoms with Crippen molar-refractivity contribution in [2.45, 2.75) is 33.4 Å². The topological polar surface area (TPSA) is 83.0 Å². The van der Waals surface area contributed by atoms with Crippen molar-refractivity contribution in [1.29, 1.82) is 0 Å². The molecule has 0 atom stereocenters. The molecule has 7 heteroatoms. The molecule has 0 amide bonds. The second kappa shape index (κ2) is 5.40. The van der Waals surface area contributed by atoms with Crippen molar-refractivity contribution in [2.75, 3.05) is 5.73 Å². The number of rotatable bonds is 4. The molecule has 2 aromatic heterocycles. The van der Waals surface area contributed by atoms with E-state index in [1.807, 2.05) is 20.8 Å². The summed E-state index contributed by atoms with van der Waals surface area (Å²) >= 11 is 1.33. The van der Waals surface area contributed by atoms with Gasteiger partial charge in [-0.25, -0.2) is 14.5 Å². The van der Waals surface area contributed by atoms with Crippen LogP contribution in [0, 0.1) is 6.92 Å². The van der Waals surface area contributed by atoms with Crippen LogP contribution in [0.2, 0.25) is 0 Å². The first-order valence-corrected chi connectivity index (χ1v) is 6.72. The molecule has 0 saturated carbocycles. The third-order valence-electron chi connectivity index (χ3n) is 2.63. The lowest BCUT2D eigenvalue weighted by atomic mass is 10.4. The van der Waals surface area contributed by atoms with Crippen molar-refractivity contribution < 1.29 is 9.53 Å². The average Bonchev–Trinajstić information content (AvgIpc) is 2.94. The lowest BCUT2D eigenvalue weighted by molar-refractivity contribution is 0.0461. The minimum Gasteiger partial charge on any atom is -0.453 e. The summed E-state index contributed by atoms with van der Waals surface area (Å²) in [5.41, 5.74) is 6.32. The van der Waals surface area contributed by atoms with E-state index < -0.39 is 0 Å². The molecule has 2 rings (SSSR count). The summed E-state index contributed by atoms with van der Waals surface area (Å²) in [4.78, 5) is 17.4. The molecular weight excluding hydrogens is 264 g/mol. The molecular formula is C12H16N4O2S. The fourth-order valence-corrected chi connectivity index (χ4v) is 2.44.